The fourth-order valence-electron chi connectivity index (χ4n) is 2.94. The molecule has 2 fully saturated rings. The fourth-order valence-corrected chi connectivity index (χ4v) is 2.94. The molecule has 0 saturated heterocycles. The molecular weight excluding hydrogens is 165 g/mol. The minimum Gasteiger partial charge on any atom is -0.327 e. The molecule has 0 aromatic heterocycles. The zero-order valence-electron chi connectivity index (χ0n) is 8.27. The molecule has 2 saturated carbocycles. The molecule has 2 aliphatic rings. The van der Waals surface area contributed by atoms with E-state index >= 15 is 0 Å². The van der Waals surface area contributed by atoms with Crippen LogP contribution in [0.25, 0.3) is 0 Å². The van der Waals surface area contributed by atoms with Gasteiger partial charge in [-0.1, -0.05) is 25.7 Å². The second kappa shape index (κ2) is 3.56. The van der Waals surface area contributed by atoms with E-state index in [1.165, 1.54) is 25.7 Å². The summed E-state index contributed by atoms with van der Waals surface area (Å²) in [6.07, 6.45) is 8.51. The predicted molar refractivity (Wildman–Crippen MR) is 52.2 cm³/mol. The summed E-state index contributed by atoms with van der Waals surface area (Å²) in [6.45, 7) is 0. The highest BCUT2D eigenvalue weighted by atomic mass is 19.1. The first kappa shape index (κ1) is 9.45. The standard InChI is InChI=1S/C11H20FN/c12-11(7-10(13)8-11)9-5-3-1-2-4-6-9/h9-10H,1-8,13H2. The van der Waals surface area contributed by atoms with Crippen LogP contribution < -0.4 is 5.73 Å². The first-order chi connectivity index (χ1) is 6.21. The first-order valence-electron chi connectivity index (χ1n) is 5.65. The van der Waals surface area contributed by atoms with Gasteiger partial charge in [-0.15, -0.1) is 0 Å². The predicted octanol–water partition coefficient (Wildman–Crippen LogP) is 2.79. The number of nitrogens with two attached hydrogens (primary N) is 1. The molecule has 0 aromatic carbocycles. The third-order valence-corrected chi connectivity index (χ3v) is 3.79. The van der Waals surface area contributed by atoms with Crippen LogP contribution in [0.2, 0.25) is 0 Å². The molecule has 76 valence electrons. The van der Waals surface area contributed by atoms with Crippen LogP contribution in [0.3, 0.4) is 0 Å². The molecule has 0 bridgehead atoms. The highest BCUT2D eigenvalue weighted by Crippen LogP contribution is 2.46. The van der Waals surface area contributed by atoms with Gasteiger partial charge < -0.3 is 5.73 Å². The summed E-state index contributed by atoms with van der Waals surface area (Å²) in [7, 11) is 0. The molecule has 0 heterocycles. The number of hydrogen-bond donors (Lipinski definition) is 1. The van der Waals surface area contributed by atoms with Gasteiger partial charge >= 0.3 is 0 Å². The lowest BCUT2D eigenvalue weighted by atomic mass is 9.67. The normalized spacial score (nSPS) is 42.5. The minimum absolute atomic E-state index is 0.147. The molecule has 0 spiro atoms. The van der Waals surface area contributed by atoms with Gasteiger partial charge in [-0.25, -0.2) is 4.39 Å². The Kier molecular flexibility index (Phi) is 2.59. The van der Waals surface area contributed by atoms with Crippen molar-refractivity contribution in [3.05, 3.63) is 0 Å². The van der Waals surface area contributed by atoms with Crippen molar-refractivity contribution in [1.29, 1.82) is 0 Å². The minimum atomic E-state index is -0.871. The largest absolute Gasteiger partial charge is 0.327 e. The van der Waals surface area contributed by atoms with Gasteiger partial charge in [-0.2, -0.15) is 0 Å². The Balaban J connectivity index is 1.91. The smallest absolute Gasteiger partial charge is 0.116 e. The van der Waals surface area contributed by atoms with Gasteiger partial charge in [0.1, 0.15) is 5.67 Å². The van der Waals surface area contributed by atoms with E-state index in [9.17, 15) is 4.39 Å². The number of rotatable bonds is 1. The zero-order valence-corrected chi connectivity index (χ0v) is 8.27. The van der Waals surface area contributed by atoms with Gasteiger partial charge in [0.05, 0.1) is 0 Å². The van der Waals surface area contributed by atoms with Crippen molar-refractivity contribution in [2.24, 2.45) is 11.7 Å². The molecule has 2 heteroatoms. The van der Waals surface area contributed by atoms with E-state index in [1.54, 1.807) is 0 Å². The summed E-state index contributed by atoms with van der Waals surface area (Å²) in [6, 6.07) is 0.147. The Bertz CT molecular complexity index is 167. The Morgan fingerprint density at radius 2 is 1.54 bits per heavy atom. The van der Waals surface area contributed by atoms with E-state index in [0.717, 1.165) is 12.8 Å². The maximum Gasteiger partial charge on any atom is 0.116 e. The van der Waals surface area contributed by atoms with Gasteiger partial charge in [0.2, 0.25) is 0 Å². The molecule has 1 nitrogen and oxygen atoms in total. The van der Waals surface area contributed by atoms with Gasteiger partial charge in [0.25, 0.3) is 0 Å². The molecule has 13 heavy (non-hydrogen) atoms. The SMILES string of the molecule is NC1CC(F)(C2CCCCCC2)C1. The number of halogens is 1. The van der Waals surface area contributed by atoms with Crippen molar-refractivity contribution >= 4 is 0 Å². The van der Waals surface area contributed by atoms with Crippen molar-refractivity contribution in [3.8, 4) is 0 Å². The Labute approximate surface area is 79.9 Å². The van der Waals surface area contributed by atoms with E-state index in [4.69, 9.17) is 5.73 Å². The van der Waals surface area contributed by atoms with E-state index in [1.807, 2.05) is 0 Å². The highest BCUT2D eigenvalue weighted by molar-refractivity contribution is 5.01. The second-order valence-corrected chi connectivity index (χ2v) is 4.89. The highest BCUT2D eigenvalue weighted by Gasteiger charge is 2.48. The van der Waals surface area contributed by atoms with Crippen LogP contribution in [0, 0.1) is 5.92 Å². The van der Waals surface area contributed by atoms with E-state index in [0.29, 0.717) is 18.8 Å². The van der Waals surface area contributed by atoms with Crippen molar-refractivity contribution in [1.82, 2.24) is 0 Å². The van der Waals surface area contributed by atoms with E-state index in [2.05, 4.69) is 0 Å². The van der Waals surface area contributed by atoms with E-state index in [-0.39, 0.29) is 6.04 Å². The molecule has 0 radical (unpaired) electrons. The average molecular weight is 185 g/mol. The quantitative estimate of drug-likeness (QED) is 0.625. The third-order valence-electron chi connectivity index (χ3n) is 3.79. The van der Waals surface area contributed by atoms with Gasteiger partial charge in [0, 0.05) is 6.04 Å². The maximum atomic E-state index is 14.1. The molecule has 2 aliphatic carbocycles. The lowest BCUT2D eigenvalue weighted by molar-refractivity contribution is -0.0221. The van der Waals surface area contributed by atoms with Gasteiger partial charge in [-0.05, 0) is 31.6 Å². The summed E-state index contributed by atoms with van der Waals surface area (Å²) in [4.78, 5) is 0. The van der Waals surface area contributed by atoms with Crippen LogP contribution in [0.5, 0.6) is 0 Å². The summed E-state index contributed by atoms with van der Waals surface area (Å²) in [5.41, 5.74) is 4.79. The van der Waals surface area contributed by atoms with Crippen molar-refractivity contribution in [3.63, 3.8) is 0 Å². The van der Waals surface area contributed by atoms with Crippen molar-refractivity contribution < 1.29 is 4.39 Å². The monoisotopic (exact) mass is 185 g/mol. The zero-order chi connectivity index (χ0) is 9.31. The molecule has 2 rings (SSSR count). The number of alkyl halides is 1. The Hall–Kier alpha value is -0.110. The van der Waals surface area contributed by atoms with Crippen molar-refractivity contribution in [2.45, 2.75) is 63.1 Å². The second-order valence-electron chi connectivity index (χ2n) is 4.89. The van der Waals surface area contributed by atoms with Crippen LogP contribution in [0.1, 0.15) is 51.4 Å². The topological polar surface area (TPSA) is 26.0 Å². The van der Waals surface area contributed by atoms with Crippen LogP contribution in [0.4, 0.5) is 4.39 Å². The van der Waals surface area contributed by atoms with Gasteiger partial charge in [-0.3, -0.25) is 0 Å². The lowest BCUT2D eigenvalue weighted by Crippen LogP contribution is -2.52. The number of hydrogen-bond acceptors (Lipinski definition) is 1. The van der Waals surface area contributed by atoms with Crippen molar-refractivity contribution in [2.75, 3.05) is 0 Å². The Morgan fingerprint density at radius 1 is 1.00 bits per heavy atom. The first-order valence-corrected chi connectivity index (χ1v) is 5.65. The summed E-state index contributed by atoms with van der Waals surface area (Å²) >= 11 is 0. The van der Waals surface area contributed by atoms with Gasteiger partial charge in [0.15, 0.2) is 0 Å². The molecule has 0 aliphatic heterocycles. The molecular formula is C11H20FN. The molecule has 0 unspecified atom stereocenters. The third kappa shape index (κ3) is 1.88. The maximum absolute atomic E-state index is 14.1. The summed E-state index contributed by atoms with van der Waals surface area (Å²) in [5.74, 6) is 0.329. The average Bonchev–Trinajstić information content (AvgIpc) is 2.28. The van der Waals surface area contributed by atoms with Crippen LogP contribution >= 0.6 is 0 Å². The van der Waals surface area contributed by atoms with Crippen LogP contribution in [-0.4, -0.2) is 11.7 Å². The summed E-state index contributed by atoms with van der Waals surface area (Å²) in [5, 5.41) is 0. The molecule has 0 amide bonds. The molecule has 0 atom stereocenters. The summed E-state index contributed by atoms with van der Waals surface area (Å²) < 4.78 is 14.1. The van der Waals surface area contributed by atoms with E-state index < -0.39 is 5.67 Å². The molecule has 0 aromatic rings. The Morgan fingerprint density at radius 3 is 2.00 bits per heavy atom. The van der Waals surface area contributed by atoms with Crippen LogP contribution in [0.15, 0.2) is 0 Å². The molecule has 2 N–H and O–H groups in total. The lowest BCUT2D eigenvalue weighted by Gasteiger charge is -2.44. The fraction of sp³-hybridized carbons (Fsp3) is 1.00. The van der Waals surface area contributed by atoms with Crippen LogP contribution in [-0.2, 0) is 0 Å².